The molecule has 0 aliphatic heterocycles. The number of hydrogen-bond donors (Lipinski definition) is 1. The largest absolute Gasteiger partial charge is 0.488 e. The maximum absolute atomic E-state index is 12.1. The monoisotopic (exact) mass is 280 g/mol. The smallest absolute Gasteiger partial charge is 0.224 e. The first-order valence-corrected chi connectivity index (χ1v) is 6.89. The summed E-state index contributed by atoms with van der Waals surface area (Å²) in [5, 5.41) is 10.9. The SMILES string of the molecule is C/C=C/C1(O)C(C)=CC(=O)C(OC(C)C)=C1OC(C)C. The van der Waals surface area contributed by atoms with Crippen LogP contribution in [0.15, 0.2) is 35.3 Å². The molecule has 0 saturated carbocycles. The Labute approximate surface area is 120 Å². The van der Waals surface area contributed by atoms with Gasteiger partial charge in [0.05, 0.1) is 12.2 Å². The third-order valence-electron chi connectivity index (χ3n) is 2.84. The molecule has 0 aromatic rings. The second-order valence-electron chi connectivity index (χ2n) is 5.45. The first-order valence-electron chi connectivity index (χ1n) is 6.89. The Balaban J connectivity index is 3.43. The van der Waals surface area contributed by atoms with Crippen molar-refractivity contribution in [3.8, 4) is 0 Å². The van der Waals surface area contributed by atoms with Gasteiger partial charge in [0.25, 0.3) is 0 Å². The fourth-order valence-corrected chi connectivity index (χ4v) is 2.01. The van der Waals surface area contributed by atoms with Crippen LogP contribution >= 0.6 is 0 Å². The third-order valence-corrected chi connectivity index (χ3v) is 2.84. The van der Waals surface area contributed by atoms with E-state index in [2.05, 4.69) is 0 Å². The van der Waals surface area contributed by atoms with Crippen molar-refractivity contribution in [2.75, 3.05) is 0 Å². The molecule has 1 aliphatic rings. The van der Waals surface area contributed by atoms with E-state index in [1.165, 1.54) is 6.08 Å². The molecule has 4 nitrogen and oxygen atoms in total. The number of allylic oxidation sites excluding steroid dienone is 2. The highest BCUT2D eigenvalue weighted by atomic mass is 16.5. The van der Waals surface area contributed by atoms with Crippen molar-refractivity contribution in [3.63, 3.8) is 0 Å². The van der Waals surface area contributed by atoms with Crippen LogP contribution in [0, 0.1) is 0 Å². The maximum Gasteiger partial charge on any atom is 0.224 e. The van der Waals surface area contributed by atoms with Gasteiger partial charge in [-0.2, -0.15) is 0 Å². The van der Waals surface area contributed by atoms with Gasteiger partial charge in [0, 0.05) is 0 Å². The lowest BCUT2D eigenvalue weighted by atomic mass is 9.85. The summed E-state index contributed by atoms with van der Waals surface area (Å²) < 4.78 is 11.3. The van der Waals surface area contributed by atoms with Crippen LogP contribution in [0.5, 0.6) is 0 Å². The lowest BCUT2D eigenvalue weighted by Crippen LogP contribution is -2.39. The number of carbonyl (C=O) groups is 1. The van der Waals surface area contributed by atoms with Crippen molar-refractivity contribution in [2.45, 2.75) is 59.4 Å². The Kier molecular flexibility index (Phi) is 5.17. The van der Waals surface area contributed by atoms with Crippen molar-refractivity contribution in [1.29, 1.82) is 0 Å². The number of carbonyl (C=O) groups excluding carboxylic acids is 1. The number of rotatable bonds is 5. The predicted octanol–water partition coefficient (Wildman–Crippen LogP) is 2.88. The quantitative estimate of drug-likeness (QED) is 0.787. The van der Waals surface area contributed by atoms with Crippen molar-refractivity contribution in [1.82, 2.24) is 0 Å². The zero-order valence-corrected chi connectivity index (χ0v) is 13.1. The molecule has 1 rings (SSSR count). The van der Waals surface area contributed by atoms with E-state index in [0.717, 1.165) is 0 Å². The highest BCUT2D eigenvalue weighted by Gasteiger charge is 2.42. The highest BCUT2D eigenvalue weighted by Crippen LogP contribution is 2.36. The van der Waals surface area contributed by atoms with Gasteiger partial charge in [-0.3, -0.25) is 4.79 Å². The molecule has 0 aromatic carbocycles. The molecule has 0 bridgehead atoms. The lowest BCUT2D eigenvalue weighted by molar-refractivity contribution is -0.117. The highest BCUT2D eigenvalue weighted by molar-refractivity contribution is 6.05. The van der Waals surface area contributed by atoms with E-state index >= 15 is 0 Å². The number of ether oxygens (including phenoxy) is 2. The normalized spacial score (nSPS) is 23.9. The minimum Gasteiger partial charge on any atom is -0.488 e. The summed E-state index contributed by atoms with van der Waals surface area (Å²) in [4.78, 5) is 12.1. The summed E-state index contributed by atoms with van der Waals surface area (Å²) >= 11 is 0. The van der Waals surface area contributed by atoms with Gasteiger partial charge in [-0.25, -0.2) is 0 Å². The van der Waals surface area contributed by atoms with E-state index in [9.17, 15) is 9.90 Å². The van der Waals surface area contributed by atoms with Gasteiger partial charge >= 0.3 is 0 Å². The summed E-state index contributed by atoms with van der Waals surface area (Å²) in [7, 11) is 0. The van der Waals surface area contributed by atoms with Crippen LogP contribution in [0.2, 0.25) is 0 Å². The summed E-state index contributed by atoms with van der Waals surface area (Å²) in [6.07, 6.45) is 4.37. The standard InChI is InChI=1S/C16H24O4/c1-7-8-16(18)12(6)9-13(17)14(19-10(2)3)15(16)20-11(4)5/h7-11,18H,1-6H3/b8-7+. The molecule has 0 heterocycles. The Morgan fingerprint density at radius 2 is 1.75 bits per heavy atom. The third kappa shape index (κ3) is 3.31. The van der Waals surface area contributed by atoms with Gasteiger partial charge in [-0.1, -0.05) is 6.08 Å². The summed E-state index contributed by atoms with van der Waals surface area (Å²) in [5.74, 6) is -0.0229. The molecule has 1 unspecified atom stereocenters. The summed E-state index contributed by atoms with van der Waals surface area (Å²) in [6, 6.07) is 0. The van der Waals surface area contributed by atoms with Gasteiger partial charge in [0.2, 0.25) is 11.5 Å². The van der Waals surface area contributed by atoms with Crippen LogP contribution in [-0.4, -0.2) is 28.7 Å². The van der Waals surface area contributed by atoms with Crippen LogP contribution in [-0.2, 0) is 14.3 Å². The van der Waals surface area contributed by atoms with Gasteiger partial charge in [0.15, 0.2) is 11.4 Å². The fourth-order valence-electron chi connectivity index (χ4n) is 2.01. The topological polar surface area (TPSA) is 55.8 Å². The average Bonchev–Trinajstić information content (AvgIpc) is 2.31. The Bertz CT molecular complexity index is 469. The molecule has 0 spiro atoms. The van der Waals surface area contributed by atoms with E-state index in [0.29, 0.717) is 5.57 Å². The van der Waals surface area contributed by atoms with E-state index in [1.54, 1.807) is 26.0 Å². The molecule has 0 amide bonds. The molecule has 0 aromatic heterocycles. The van der Waals surface area contributed by atoms with Crippen LogP contribution in [0.4, 0.5) is 0 Å². The summed E-state index contributed by atoms with van der Waals surface area (Å²) in [6.45, 7) is 10.8. The Hall–Kier alpha value is -1.55. The molecular weight excluding hydrogens is 256 g/mol. The molecule has 0 radical (unpaired) electrons. The lowest BCUT2D eigenvalue weighted by Gasteiger charge is -2.34. The Morgan fingerprint density at radius 3 is 2.20 bits per heavy atom. The zero-order valence-electron chi connectivity index (χ0n) is 13.1. The van der Waals surface area contributed by atoms with Gasteiger partial charge in [-0.05, 0) is 59.3 Å². The molecule has 0 fully saturated rings. The van der Waals surface area contributed by atoms with Gasteiger partial charge < -0.3 is 14.6 Å². The van der Waals surface area contributed by atoms with Crippen molar-refractivity contribution < 1.29 is 19.4 Å². The first-order chi connectivity index (χ1) is 9.22. The number of hydrogen-bond acceptors (Lipinski definition) is 4. The maximum atomic E-state index is 12.1. The van der Waals surface area contributed by atoms with Crippen molar-refractivity contribution >= 4 is 5.78 Å². The Morgan fingerprint density at radius 1 is 1.20 bits per heavy atom. The molecule has 1 aliphatic carbocycles. The van der Waals surface area contributed by atoms with Crippen LogP contribution in [0.1, 0.15) is 41.5 Å². The van der Waals surface area contributed by atoms with E-state index in [4.69, 9.17) is 9.47 Å². The number of ketones is 1. The fraction of sp³-hybridized carbons (Fsp3) is 0.562. The van der Waals surface area contributed by atoms with E-state index in [1.807, 2.05) is 27.7 Å². The molecule has 20 heavy (non-hydrogen) atoms. The van der Waals surface area contributed by atoms with Gasteiger partial charge in [0.1, 0.15) is 0 Å². The van der Waals surface area contributed by atoms with Gasteiger partial charge in [-0.15, -0.1) is 0 Å². The molecular formula is C16H24O4. The molecule has 0 saturated heterocycles. The van der Waals surface area contributed by atoms with Crippen molar-refractivity contribution in [2.24, 2.45) is 0 Å². The predicted molar refractivity (Wildman–Crippen MR) is 78.0 cm³/mol. The van der Waals surface area contributed by atoms with E-state index in [-0.39, 0.29) is 29.5 Å². The first kappa shape index (κ1) is 16.5. The number of aliphatic hydroxyl groups is 1. The second-order valence-corrected chi connectivity index (χ2v) is 5.45. The van der Waals surface area contributed by atoms with Crippen LogP contribution in [0.3, 0.4) is 0 Å². The summed E-state index contributed by atoms with van der Waals surface area (Å²) in [5.41, 5.74) is -0.913. The van der Waals surface area contributed by atoms with Crippen LogP contribution < -0.4 is 0 Å². The minimum atomic E-state index is -1.43. The second kappa shape index (κ2) is 6.27. The molecule has 112 valence electrons. The average molecular weight is 280 g/mol. The van der Waals surface area contributed by atoms with E-state index < -0.39 is 5.60 Å². The molecule has 1 atom stereocenters. The molecule has 1 N–H and O–H groups in total. The van der Waals surface area contributed by atoms with Crippen molar-refractivity contribution in [3.05, 3.63) is 35.3 Å². The minimum absolute atomic E-state index is 0.0832. The zero-order chi connectivity index (χ0) is 15.5. The van der Waals surface area contributed by atoms with Crippen LogP contribution in [0.25, 0.3) is 0 Å². The molecule has 4 heteroatoms.